The van der Waals surface area contributed by atoms with Crippen LogP contribution in [0.1, 0.15) is 30.7 Å². The first-order chi connectivity index (χ1) is 9.30. The van der Waals surface area contributed by atoms with Crippen LogP contribution in [0.2, 0.25) is 0 Å². The van der Waals surface area contributed by atoms with Crippen molar-refractivity contribution in [2.75, 3.05) is 0 Å². The number of ether oxygens (including phenoxy) is 1. The molecule has 0 spiro atoms. The molecule has 0 aliphatic carbocycles. The zero-order valence-electron chi connectivity index (χ0n) is 11.4. The van der Waals surface area contributed by atoms with Crippen molar-refractivity contribution in [3.63, 3.8) is 0 Å². The smallest absolute Gasteiger partial charge is 0.243 e. The molecule has 1 heterocycles. The number of hydrogen-bond donors (Lipinski definition) is 1. The van der Waals surface area contributed by atoms with Crippen molar-refractivity contribution in [1.29, 1.82) is 0 Å². The van der Waals surface area contributed by atoms with Crippen LogP contribution in [0.4, 0.5) is 0 Å². The summed E-state index contributed by atoms with van der Waals surface area (Å²) in [6.45, 7) is 4.58. The minimum absolute atomic E-state index is 0.411. The lowest BCUT2D eigenvalue weighted by Crippen LogP contribution is -2.10. The van der Waals surface area contributed by atoms with Gasteiger partial charge in [0.2, 0.25) is 5.88 Å². The van der Waals surface area contributed by atoms with Crippen molar-refractivity contribution in [3.05, 3.63) is 47.2 Å². The fourth-order valence-electron chi connectivity index (χ4n) is 2.12. The lowest BCUT2D eigenvalue weighted by molar-refractivity contribution is 0.445. The van der Waals surface area contributed by atoms with Crippen LogP contribution >= 0.6 is 0 Å². The average Bonchev–Trinajstić information content (AvgIpc) is 2.47. The molecular formula is C15H19N3O. The normalized spacial score (nSPS) is 10.5. The Morgan fingerprint density at radius 3 is 2.32 bits per heavy atom. The molecular weight excluding hydrogens is 238 g/mol. The molecule has 1 aromatic carbocycles. The minimum atomic E-state index is 0.411. The molecule has 0 fully saturated rings. The molecule has 0 aliphatic rings. The van der Waals surface area contributed by atoms with Crippen LogP contribution in [0.25, 0.3) is 0 Å². The number of hydrogen-bond acceptors (Lipinski definition) is 4. The highest BCUT2D eigenvalue weighted by Gasteiger charge is 2.14. The second kappa shape index (κ2) is 6.29. The van der Waals surface area contributed by atoms with Crippen molar-refractivity contribution in [2.24, 2.45) is 5.73 Å². The third kappa shape index (κ3) is 2.90. The lowest BCUT2D eigenvalue weighted by atomic mass is 10.0. The van der Waals surface area contributed by atoms with Crippen LogP contribution in [0.15, 0.2) is 30.3 Å². The van der Waals surface area contributed by atoms with Gasteiger partial charge in [-0.2, -0.15) is 5.10 Å². The van der Waals surface area contributed by atoms with Crippen LogP contribution in [0.3, 0.4) is 0 Å². The molecule has 0 bridgehead atoms. The van der Waals surface area contributed by atoms with Crippen LogP contribution in [-0.2, 0) is 19.4 Å². The summed E-state index contributed by atoms with van der Waals surface area (Å²) in [6, 6.07) is 9.57. The highest BCUT2D eigenvalue weighted by atomic mass is 16.5. The quantitative estimate of drug-likeness (QED) is 0.894. The molecule has 1 aromatic heterocycles. The monoisotopic (exact) mass is 257 g/mol. The maximum atomic E-state index is 5.86. The fourth-order valence-corrected chi connectivity index (χ4v) is 2.12. The topological polar surface area (TPSA) is 61.0 Å². The number of nitrogens with zero attached hydrogens (tertiary/aromatic N) is 2. The van der Waals surface area contributed by atoms with E-state index in [1.54, 1.807) is 0 Å². The van der Waals surface area contributed by atoms with E-state index in [1.807, 2.05) is 30.3 Å². The fraction of sp³-hybridized carbons (Fsp3) is 0.333. The molecule has 2 N–H and O–H groups in total. The van der Waals surface area contributed by atoms with E-state index in [0.29, 0.717) is 12.4 Å². The third-order valence-corrected chi connectivity index (χ3v) is 3.08. The highest BCUT2D eigenvalue weighted by molar-refractivity contribution is 5.39. The highest BCUT2D eigenvalue weighted by Crippen LogP contribution is 2.26. The zero-order chi connectivity index (χ0) is 13.7. The summed E-state index contributed by atoms with van der Waals surface area (Å²) in [6.07, 6.45) is 1.74. The number of rotatable bonds is 5. The number of aryl methyl sites for hydroxylation is 1. The van der Waals surface area contributed by atoms with E-state index < -0.39 is 0 Å². The minimum Gasteiger partial charge on any atom is -0.437 e. The maximum absolute atomic E-state index is 5.86. The number of benzene rings is 1. The van der Waals surface area contributed by atoms with Gasteiger partial charge in [-0.25, -0.2) is 0 Å². The molecule has 19 heavy (non-hydrogen) atoms. The number of nitrogens with two attached hydrogens (primary N) is 1. The summed E-state index contributed by atoms with van der Waals surface area (Å²) in [7, 11) is 0. The van der Waals surface area contributed by atoms with E-state index in [-0.39, 0.29) is 0 Å². The van der Waals surface area contributed by atoms with Gasteiger partial charge < -0.3 is 10.5 Å². The SMILES string of the molecule is CCc1nnc(Oc2ccccc2)c(CN)c1CC. The molecule has 0 unspecified atom stereocenters. The van der Waals surface area contributed by atoms with Crippen LogP contribution in [0.5, 0.6) is 11.6 Å². The molecule has 2 aromatic rings. The molecule has 0 aliphatic heterocycles. The van der Waals surface area contributed by atoms with Gasteiger partial charge in [-0.1, -0.05) is 32.0 Å². The summed E-state index contributed by atoms with van der Waals surface area (Å²) in [5.41, 5.74) is 8.97. The third-order valence-electron chi connectivity index (χ3n) is 3.08. The van der Waals surface area contributed by atoms with Gasteiger partial charge in [-0.05, 0) is 30.5 Å². The van der Waals surface area contributed by atoms with Crippen molar-refractivity contribution in [3.8, 4) is 11.6 Å². The van der Waals surface area contributed by atoms with Gasteiger partial charge in [-0.3, -0.25) is 0 Å². The van der Waals surface area contributed by atoms with Gasteiger partial charge in [0.05, 0.1) is 5.69 Å². The Bertz CT molecular complexity index is 541. The first-order valence-electron chi connectivity index (χ1n) is 6.60. The first kappa shape index (κ1) is 13.5. The summed E-state index contributed by atoms with van der Waals surface area (Å²) in [4.78, 5) is 0. The van der Waals surface area contributed by atoms with Gasteiger partial charge in [-0.15, -0.1) is 5.10 Å². The molecule has 2 rings (SSSR count). The van der Waals surface area contributed by atoms with E-state index in [9.17, 15) is 0 Å². The Kier molecular flexibility index (Phi) is 4.47. The largest absolute Gasteiger partial charge is 0.437 e. The van der Waals surface area contributed by atoms with Gasteiger partial charge in [0.25, 0.3) is 0 Å². The Balaban J connectivity index is 2.40. The standard InChI is InChI=1S/C15H19N3O/c1-3-12-13(10-16)15(18-17-14(12)4-2)19-11-8-6-5-7-9-11/h5-9H,3-4,10,16H2,1-2H3. The molecule has 4 heteroatoms. The zero-order valence-corrected chi connectivity index (χ0v) is 11.4. The Morgan fingerprint density at radius 2 is 1.74 bits per heavy atom. The molecule has 0 saturated carbocycles. The van der Waals surface area contributed by atoms with E-state index >= 15 is 0 Å². The second-order valence-corrected chi connectivity index (χ2v) is 4.24. The molecule has 100 valence electrons. The molecule has 0 atom stereocenters. The van der Waals surface area contributed by atoms with Gasteiger partial charge in [0, 0.05) is 12.1 Å². The van der Waals surface area contributed by atoms with Gasteiger partial charge in [0.1, 0.15) is 5.75 Å². The van der Waals surface area contributed by atoms with Gasteiger partial charge in [0.15, 0.2) is 0 Å². The number of para-hydroxylation sites is 1. The predicted molar refractivity (Wildman–Crippen MR) is 75.2 cm³/mol. The second-order valence-electron chi connectivity index (χ2n) is 4.24. The van der Waals surface area contributed by atoms with Crippen molar-refractivity contribution >= 4 is 0 Å². The van der Waals surface area contributed by atoms with Crippen molar-refractivity contribution in [2.45, 2.75) is 33.2 Å². The van der Waals surface area contributed by atoms with Crippen molar-refractivity contribution < 1.29 is 4.74 Å². The van der Waals surface area contributed by atoms with Crippen LogP contribution < -0.4 is 10.5 Å². The molecule has 0 radical (unpaired) electrons. The Morgan fingerprint density at radius 1 is 1.00 bits per heavy atom. The number of aromatic nitrogens is 2. The van der Waals surface area contributed by atoms with Crippen LogP contribution in [0, 0.1) is 0 Å². The summed E-state index contributed by atoms with van der Waals surface area (Å²) in [5.74, 6) is 1.26. The maximum Gasteiger partial charge on any atom is 0.243 e. The molecule has 4 nitrogen and oxygen atoms in total. The van der Waals surface area contributed by atoms with E-state index in [2.05, 4.69) is 24.0 Å². The summed E-state index contributed by atoms with van der Waals surface area (Å²) < 4.78 is 5.79. The van der Waals surface area contributed by atoms with E-state index in [4.69, 9.17) is 10.5 Å². The first-order valence-corrected chi connectivity index (χ1v) is 6.60. The van der Waals surface area contributed by atoms with E-state index in [1.165, 1.54) is 0 Å². The average molecular weight is 257 g/mol. The Hall–Kier alpha value is -1.94. The summed E-state index contributed by atoms with van der Waals surface area (Å²) >= 11 is 0. The lowest BCUT2D eigenvalue weighted by Gasteiger charge is -2.14. The van der Waals surface area contributed by atoms with Crippen LogP contribution in [-0.4, -0.2) is 10.2 Å². The predicted octanol–water partition coefficient (Wildman–Crippen LogP) is 2.85. The van der Waals surface area contributed by atoms with E-state index in [0.717, 1.165) is 35.4 Å². The summed E-state index contributed by atoms with van der Waals surface area (Å²) in [5, 5.41) is 8.41. The Labute approximate surface area is 113 Å². The molecule has 0 saturated heterocycles. The molecule has 0 amide bonds. The van der Waals surface area contributed by atoms with Crippen molar-refractivity contribution in [1.82, 2.24) is 10.2 Å². The van der Waals surface area contributed by atoms with Gasteiger partial charge >= 0.3 is 0 Å².